The van der Waals surface area contributed by atoms with E-state index < -0.39 is 6.10 Å². The average molecular weight is 211 g/mol. The number of halogens is 1. The number of rotatable bonds is 4. The van der Waals surface area contributed by atoms with E-state index in [1.54, 1.807) is 19.1 Å². The van der Waals surface area contributed by atoms with Gasteiger partial charge in [0.25, 0.3) is 0 Å². The highest BCUT2D eigenvalue weighted by Crippen LogP contribution is 2.25. The minimum Gasteiger partial charge on any atom is -0.393 e. The molecule has 0 bridgehead atoms. The lowest BCUT2D eigenvalue weighted by atomic mass is 9.79. The second kappa shape index (κ2) is 4.73. The summed E-state index contributed by atoms with van der Waals surface area (Å²) in [6.07, 6.45) is 0.175. The Balaban J connectivity index is 2.79. The summed E-state index contributed by atoms with van der Waals surface area (Å²) in [5.41, 5.74) is 6.29. The zero-order valence-corrected chi connectivity index (χ0v) is 9.20. The molecule has 0 saturated carbocycles. The molecule has 1 aromatic carbocycles. The fourth-order valence-electron chi connectivity index (χ4n) is 1.46. The topological polar surface area (TPSA) is 46.2 Å². The van der Waals surface area contributed by atoms with Gasteiger partial charge in [-0.1, -0.05) is 19.1 Å². The van der Waals surface area contributed by atoms with Crippen molar-refractivity contribution in [1.82, 2.24) is 0 Å². The Morgan fingerprint density at radius 3 is 2.33 bits per heavy atom. The molecule has 3 N–H and O–H groups in total. The van der Waals surface area contributed by atoms with Gasteiger partial charge in [0.05, 0.1) is 6.10 Å². The van der Waals surface area contributed by atoms with Gasteiger partial charge in [0.15, 0.2) is 0 Å². The zero-order valence-electron chi connectivity index (χ0n) is 9.20. The largest absolute Gasteiger partial charge is 0.393 e. The van der Waals surface area contributed by atoms with Gasteiger partial charge in [-0.05, 0) is 31.0 Å². The van der Waals surface area contributed by atoms with Crippen molar-refractivity contribution in [1.29, 1.82) is 0 Å². The van der Waals surface area contributed by atoms with Gasteiger partial charge in [-0.15, -0.1) is 0 Å². The van der Waals surface area contributed by atoms with Crippen LogP contribution in [0.3, 0.4) is 0 Å². The molecule has 0 unspecified atom stereocenters. The van der Waals surface area contributed by atoms with Crippen LogP contribution in [0.15, 0.2) is 24.3 Å². The van der Waals surface area contributed by atoms with Crippen molar-refractivity contribution in [3.8, 4) is 0 Å². The number of nitrogens with two attached hydrogens (primary N) is 1. The molecule has 0 aromatic heterocycles. The van der Waals surface area contributed by atoms with E-state index in [2.05, 4.69) is 0 Å². The summed E-state index contributed by atoms with van der Waals surface area (Å²) in [6.45, 7) is 4.07. The van der Waals surface area contributed by atoms with Gasteiger partial charge in [0, 0.05) is 12.0 Å². The molecule has 0 amide bonds. The Morgan fingerprint density at radius 2 is 1.93 bits per heavy atom. The first kappa shape index (κ1) is 12.1. The highest BCUT2D eigenvalue weighted by atomic mass is 19.1. The standard InChI is InChI=1S/C12H18FNO/c1-9(15)12(2,8-14)7-10-3-5-11(13)6-4-10/h3-6,9,15H,7-8,14H2,1-2H3/t9-,12-/m1/s1. The second-order valence-corrected chi connectivity index (χ2v) is 4.34. The zero-order chi connectivity index (χ0) is 11.5. The van der Waals surface area contributed by atoms with Gasteiger partial charge < -0.3 is 10.8 Å². The first-order valence-corrected chi connectivity index (χ1v) is 5.10. The van der Waals surface area contributed by atoms with Crippen molar-refractivity contribution in [2.24, 2.45) is 11.1 Å². The molecule has 1 rings (SSSR count). The summed E-state index contributed by atoms with van der Waals surface area (Å²) in [4.78, 5) is 0. The highest BCUT2D eigenvalue weighted by molar-refractivity contribution is 5.18. The van der Waals surface area contributed by atoms with Crippen LogP contribution in [-0.2, 0) is 6.42 Å². The molecule has 1 aromatic rings. The lowest BCUT2D eigenvalue weighted by Gasteiger charge is -2.31. The summed E-state index contributed by atoms with van der Waals surface area (Å²) in [5.74, 6) is -0.245. The summed E-state index contributed by atoms with van der Waals surface area (Å²) in [6, 6.07) is 6.31. The molecule has 0 radical (unpaired) electrons. The van der Waals surface area contributed by atoms with Gasteiger partial charge in [0.1, 0.15) is 5.82 Å². The van der Waals surface area contributed by atoms with Crippen molar-refractivity contribution < 1.29 is 9.50 Å². The van der Waals surface area contributed by atoms with Crippen LogP contribution in [0, 0.1) is 11.2 Å². The average Bonchev–Trinajstić information content (AvgIpc) is 2.21. The van der Waals surface area contributed by atoms with Crippen molar-refractivity contribution in [2.75, 3.05) is 6.54 Å². The SMILES string of the molecule is C[C@@H](O)[C@@](C)(CN)Cc1ccc(F)cc1. The Bertz CT molecular complexity index is 310. The smallest absolute Gasteiger partial charge is 0.123 e. The number of aliphatic hydroxyl groups excluding tert-OH is 1. The minimum absolute atomic E-state index is 0.245. The molecule has 2 nitrogen and oxygen atoms in total. The molecule has 0 aliphatic heterocycles. The van der Waals surface area contributed by atoms with E-state index >= 15 is 0 Å². The van der Waals surface area contributed by atoms with E-state index in [0.717, 1.165) is 5.56 Å². The maximum absolute atomic E-state index is 12.7. The summed E-state index contributed by atoms with van der Waals surface area (Å²) < 4.78 is 12.7. The Labute approximate surface area is 89.9 Å². The van der Waals surface area contributed by atoms with Crippen molar-refractivity contribution >= 4 is 0 Å². The van der Waals surface area contributed by atoms with Crippen LogP contribution in [0.5, 0.6) is 0 Å². The van der Waals surface area contributed by atoms with Crippen molar-refractivity contribution in [3.63, 3.8) is 0 Å². The Hall–Kier alpha value is -0.930. The van der Waals surface area contributed by atoms with Crippen LogP contribution in [-0.4, -0.2) is 17.8 Å². The molecule has 0 spiro atoms. The second-order valence-electron chi connectivity index (χ2n) is 4.34. The Morgan fingerprint density at radius 1 is 1.40 bits per heavy atom. The molecule has 84 valence electrons. The maximum atomic E-state index is 12.7. The molecule has 0 saturated heterocycles. The van der Waals surface area contributed by atoms with Gasteiger partial charge in [-0.25, -0.2) is 4.39 Å². The van der Waals surface area contributed by atoms with Crippen LogP contribution < -0.4 is 5.73 Å². The lowest BCUT2D eigenvalue weighted by molar-refractivity contribution is 0.0589. The molecular formula is C12H18FNO. The molecule has 3 heteroatoms. The van der Waals surface area contributed by atoms with Gasteiger partial charge >= 0.3 is 0 Å². The van der Waals surface area contributed by atoms with Gasteiger partial charge in [-0.3, -0.25) is 0 Å². The predicted molar refractivity (Wildman–Crippen MR) is 58.9 cm³/mol. The summed E-state index contributed by atoms with van der Waals surface area (Å²) in [5, 5.41) is 9.63. The number of hydrogen-bond donors (Lipinski definition) is 2. The first-order valence-electron chi connectivity index (χ1n) is 5.10. The normalized spacial score (nSPS) is 17.1. The molecule has 0 heterocycles. The lowest BCUT2D eigenvalue weighted by Crippen LogP contribution is -2.39. The first-order chi connectivity index (χ1) is 6.98. The maximum Gasteiger partial charge on any atom is 0.123 e. The predicted octanol–water partition coefficient (Wildman–Crippen LogP) is 1.71. The van der Waals surface area contributed by atoms with E-state index in [0.29, 0.717) is 13.0 Å². The van der Waals surface area contributed by atoms with E-state index in [4.69, 9.17) is 5.73 Å². The van der Waals surface area contributed by atoms with E-state index in [9.17, 15) is 9.50 Å². The van der Waals surface area contributed by atoms with Crippen LogP contribution in [0.2, 0.25) is 0 Å². The van der Waals surface area contributed by atoms with E-state index in [-0.39, 0.29) is 11.2 Å². The van der Waals surface area contributed by atoms with Crippen LogP contribution in [0.25, 0.3) is 0 Å². The van der Waals surface area contributed by atoms with Gasteiger partial charge in [-0.2, -0.15) is 0 Å². The summed E-state index contributed by atoms with van der Waals surface area (Å²) >= 11 is 0. The highest BCUT2D eigenvalue weighted by Gasteiger charge is 2.28. The Kier molecular flexibility index (Phi) is 3.83. The van der Waals surface area contributed by atoms with E-state index in [1.165, 1.54) is 12.1 Å². The fourth-order valence-corrected chi connectivity index (χ4v) is 1.46. The molecule has 0 aliphatic carbocycles. The summed E-state index contributed by atoms with van der Waals surface area (Å²) in [7, 11) is 0. The molecule has 0 aliphatic rings. The molecule has 15 heavy (non-hydrogen) atoms. The number of aliphatic hydroxyl groups is 1. The number of benzene rings is 1. The van der Waals surface area contributed by atoms with Crippen molar-refractivity contribution in [3.05, 3.63) is 35.6 Å². The third-order valence-corrected chi connectivity index (χ3v) is 3.00. The van der Waals surface area contributed by atoms with Crippen molar-refractivity contribution in [2.45, 2.75) is 26.4 Å². The minimum atomic E-state index is -0.479. The monoisotopic (exact) mass is 211 g/mol. The molecular weight excluding hydrogens is 193 g/mol. The number of hydrogen-bond acceptors (Lipinski definition) is 2. The van der Waals surface area contributed by atoms with Crippen LogP contribution in [0.4, 0.5) is 4.39 Å². The quantitative estimate of drug-likeness (QED) is 0.796. The fraction of sp³-hybridized carbons (Fsp3) is 0.500. The van der Waals surface area contributed by atoms with Gasteiger partial charge in [0.2, 0.25) is 0 Å². The van der Waals surface area contributed by atoms with E-state index in [1.807, 2.05) is 6.92 Å². The van der Waals surface area contributed by atoms with Crippen LogP contribution in [0.1, 0.15) is 19.4 Å². The molecule has 2 atom stereocenters. The third kappa shape index (κ3) is 3.01. The molecule has 0 fully saturated rings. The third-order valence-electron chi connectivity index (χ3n) is 3.00. The van der Waals surface area contributed by atoms with Crippen LogP contribution >= 0.6 is 0 Å².